The molecule has 0 aliphatic heterocycles. The predicted molar refractivity (Wildman–Crippen MR) is 76.8 cm³/mol. The molecule has 2 N–H and O–H groups in total. The Labute approximate surface area is 128 Å². The molecule has 9 nitrogen and oxygen atoms in total. The van der Waals surface area contributed by atoms with Crippen LogP contribution in [0, 0.1) is 5.92 Å². The molecule has 0 radical (unpaired) electrons. The van der Waals surface area contributed by atoms with E-state index in [0.29, 0.717) is 0 Å². The molecule has 0 aromatic heterocycles. The molecule has 0 unspecified atom stereocenters. The summed E-state index contributed by atoms with van der Waals surface area (Å²) < 4.78 is 10.1. The topological polar surface area (TPSA) is 134 Å². The van der Waals surface area contributed by atoms with E-state index in [1.165, 1.54) is 0 Å². The molecule has 0 spiro atoms. The lowest BCUT2D eigenvalue weighted by molar-refractivity contribution is -0.148. The maximum Gasteiger partial charge on any atom is 0.407 e. The van der Waals surface area contributed by atoms with Gasteiger partial charge in [-0.05, 0) is 39.6 Å². The van der Waals surface area contributed by atoms with Gasteiger partial charge in [-0.25, -0.2) is 4.79 Å². The summed E-state index contributed by atoms with van der Waals surface area (Å²) in [6.45, 7) is 6.93. The highest BCUT2D eigenvalue weighted by atomic mass is 16.6. The fraction of sp³-hybridized carbons (Fsp3) is 0.846. The summed E-state index contributed by atoms with van der Waals surface area (Å²) in [4.78, 5) is 26.5. The Morgan fingerprint density at radius 3 is 2.59 bits per heavy atom. The van der Waals surface area contributed by atoms with Crippen LogP contribution in [0.1, 0.15) is 34.1 Å². The third-order valence-electron chi connectivity index (χ3n) is 3.16. The van der Waals surface area contributed by atoms with Gasteiger partial charge in [0.25, 0.3) is 0 Å². The van der Waals surface area contributed by atoms with Crippen LogP contribution in [-0.2, 0) is 14.3 Å². The third kappa shape index (κ3) is 4.78. The number of aliphatic hydroxyl groups is 1. The third-order valence-corrected chi connectivity index (χ3v) is 3.16. The van der Waals surface area contributed by atoms with Crippen molar-refractivity contribution in [1.29, 1.82) is 0 Å². The summed E-state index contributed by atoms with van der Waals surface area (Å²) in [6.07, 6.45) is -1.84. The van der Waals surface area contributed by atoms with Crippen LogP contribution in [0.4, 0.5) is 4.79 Å². The summed E-state index contributed by atoms with van der Waals surface area (Å²) in [7, 11) is 0. The van der Waals surface area contributed by atoms with E-state index >= 15 is 0 Å². The minimum atomic E-state index is -1.18. The predicted octanol–water partition coefficient (Wildman–Crippen LogP) is 1.50. The van der Waals surface area contributed by atoms with Crippen LogP contribution in [0.25, 0.3) is 10.4 Å². The van der Waals surface area contributed by atoms with E-state index in [1.807, 2.05) is 0 Å². The average molecular weight is 314 g/mol. The maximum absolute atomic E-state index is 12.0. The number of rotatable bonds is 4. The highest BCUT2D eigenvalue weighted by Gasteiger charge is 2.47. The van der Waals surface area contributed by atoms with E-state index in [4.69, 9.17) is 15.0 Å². The van der Waals surface area contributed by atoms with Gasteiger partial charge in [-0.2, -0.15) is 0 Å². The van der Waals surface area contributed by atoms with Crippen LogP contribution in [-0.4, -0.2) is 47.6 Å². The molecule has 1 fully saturated rings. The van der Waals surface area contributed by atoms with Crippen LogP contribution in [0.2, 0.25) is 0 Å². The zero-order chi connectivity index (χ0) is 16.9. The first kappa shape index (κ1) is 18.1. The summed E-state index contributed by atoms with van der Waals surface area (Å²) in [5.74, 6) is -1.35. The first-order valence-electron chi connectivity index (χ1n) is 7.08. The van der Waals surface area contributed by atoms with E-state index in [0.717, 1.165) is 0 Å². The van der Waals surface area contributed by atoms with Crippen LogP contribution in [0.5, 0.6) is 0 Å². The highest BCUT2D eigenvalue weighted by molar-refractivity contribution is 5.76. The van der Waals surface area contributed by atoms with Crippen LogP contribution in [0.15, 0.2) is 5.11 Å². The molecule has 4 atom stereocenters. The second-order valence-corrected chi connectivity index (χ2v) is 6.03. The number of esters is 1. The highest BCUT2D eigenvalue weighted by Crippen LogP contribution is 2.30. The van der Waals surface area contributed by atoms with E-state index in [1.54, 1.807) is 27.7 Å². The lowest BCUT2D eigenvalue weighted by atomic mass is 10.0. The number of hydrogen-bond acceptors (Lipinski definition) is 6. The molecule has 1 saturated carbocycles. The molecule has 22 heavy (non-hydrogen) atoms. The molecule has 1 amide bonds. The summed E-state index contributed by atoms with van der Waals surface area (Å²) in [5.41, 5.74) is 7.80. The van der Waals surface area contributed by atoms with Gasteiger partial charge in [0.2, 0.25) is 0 Å². The lowest BCUT2D eigenvalue weighted by Gasteiger charge is -2.25. The largest absolute Gasteiger partial charge is 0.466 e. The Hall–Kier alpha value is -1.99. The minimum absolute atomic E-state index is 0.102. The van der Waals surface area contributed by atoms with Crippen molar-refractivity contribution in [3.63, 3.8) is 0 Å². The smallest absolute Gasteiger partial charge is 0.407 e. The molecule has 1 aliphatic carbocycles. The average Bonchev–Trinajstić information content (AvgIpc) is 2.66. The van der Waals surface area contributed by atoms with Gasteiger partial charge in [-0.15, -0.1) is 0 Å². The summed E-state index contributed by atoms with van der Waals surface area (Å²) in [5, 5.41) is 16.1. The molecule has 1 rings (SSSR count). The normalized spacial score (nSPS) is 27.7. The first-order valence-corrected chi connectivity index (χ1v) is 7.08. The monoisotopic (exact) mass is 314 g/mol. The van der Waals surface area contributed by atoms with Gasteiger partial charge in [0, 0.05) is 4.91 Å². The van der Waals surface area contributed by atoms with Crippen molar-refractivity contribution < 1.29 is 24.2 Å². The summed E-state index contributed by atoms with van der Waals surface area (Å²) >= 11 is 0. The standard InChI is InChI=1S/C13H22N4O5/c1-5-21-11(19)7-6-8(16-17-14)10(18)9(7)15-12(20)22-13(2,3)4/h7-10,18H,5-6H2,1-4H3,(H,15,20)/t7-,8+,9-,10-/m0/s1. The molecule has 0 saturated heterocycles. The number of hydrogen-bond donors (Lipinski definition) is 2. The van der Waals surface area contributed by atoms with Crippen molar-refractivity contribution in [1.82, 2.24) is 5.32 Å². The number of nitrogens with zero attached hydrogens (tertiary/aromatic N) is 3. The molecule has 0 aromatic rings. The number of aliphatic hydroxyl groups excluding tert-OH is 1. The van der Waals surface area contributed by atoms with Gasteiger partial charge in [0.05, 0.1) is 30.7 Å². The van der Waals surface area contributed by atoms with Gasteiger partial charge in [0.1, 0.15) is 5.60 Å². The molecule has 9 heteroatoms. The second kappa shape index (κ2) is 7.33. The molecule has 0 heterocycles. The molecule has 1 aliphatic rings. The van der Waals surface area contributed by atoms with E-state index in [9.17, 15) is 14.7 Å². The van der Waals surface area contributed by atoms with Gasteiger partial charge >= 0.3 is 12.1 Å². The number of ether oxygens (including phenoxy) is 2. The zero-order valence-electron chi connectivity index (χ0n) is 13.1. The maximum atomic E-state index is 12.0. The summed E-state index contributed by atoms with van der Waals surface area (Å²) in [6, 6.07) is -1.73. The number of carbonyl (C=O) groups excluding carboxylic acids is 2. The molecular formula is C13H22N4O5. The Morgan fingerprint density at radius 2 is 2.09 bits per heavy atom. The second-order valence-electron chi connectivity index (χ2n) is 6.03. The lowest BCUT2D eigenvalue weighted by Crippen LogP contribution is -2.49. The number of amides is 1. The van der Waals surface area contributed by atoms with Crippen molar-refractivity contribution in [3.05, 3.63) is 10.4 Å². The van der Waals surface area contributed by atoms with Crippen molar-refractivity contribution >= 4 is 12.1 Å². The zero-order valence-corrected chi connectivity index (χ0v) is 13.1. The SMILES string of the molecule is CCOC(=O)[C@H]1C[C@@H](N=[N+]=[N-])[C@H](O)[C@H]1NC(=O)OC(C)(C)C. The quantitative estimate of drug-likeness (QED) is 0.351. The van der Waals surface area contributed by atoms with Crippen molar-refractivity contribution in [2.75, 3.05) is 6.61 Å². The van der Waals surface area contributed by atoms with Gasteiger partial charge in [-0.3, -0.25) is 4.79 Å². The van der Waals surface area contributed by atoms with Crippen LogP contribution in [0.3, 0.4) is 0 Å². The Morgan fingerprint density at radius 1 is 1.45 bits per heavy atom. The van der Waals surface area contributed by atoms with E-state index < -0.39 is 41.8 Å². The minimum Gasteiger partial charge on any atom is -0.466 e. The number of carbonyl (C=O) groups is 2. The molecule has 0 aromatic carbocycles. The Kier molecular flexibility index (Phi) is 6.01. The van der Waals surface area contributed by atoms with E-state index in [-0.39, 0.29) is 13.0 Å². The van der Waals surface area contributed by atoms with Crippen molar-refractivity contribution in [3.8, 4) is 0 Å². The molecular weight excluding hydrogens is 292 g/mol. The number of nitrogens with one attached hydrogen (secondary N) is 1. The van der Waals surface area contributed by atoms with Crippen LogP contribution < -0.4 is 5.32 Å². The van der Waals surface area contributed by atoms with Gasteiger partial charge < -0.3 is 19.9 Å². The Bertz CT molecular complexity index is 470. The van der Waals surface area contributed by atoms with Crippen molar-refractivity contribution in [2.24, 2.45) is 11.0 Å². The number of azide groups is 1. The fourth-order valence-corrected chi connectivity index (χ4v) is 2.33. The number of alkyl carbamates (subject to hydrolysis) is 1. The first-order chi connectivity index (χ1) is 10.2. The van der Waals surface area contributed by atoms with Crippen molar-refractivity contribution in [2.45, 2.75) is 57.9 Å². The molecule has 0 bridgehead atoms. The Balaban J connectivity index is 2.87. The van der Waals surface area contributed by atoms with E-state index in [2.05, 4.69) is 15.3 Å². The van der Waals surface area contributed by atoms with Gasteiger partial charge in [0.15, 0.2) is 0 Å². The van der Waals surface area contributed by atoms with Crippen LogP contribution >= 0.6 is 0 Å². The fourth-order valence-electron chi connectivity index (χ4n) is 2.33. The molecule has 124 valence electrons. The van der Waals surface area contributed by atoms with Gasteiger partial charge in [-0.1, -0.05) is 5.11 Å².